The topological polar surface area (TPSA) is 15.3 Å². The molecule has 1 saturated carbocycles. The van der Waals surface area contributed by atoms with Crippen LogP contribution in [0.5, 0.6) is 0 Å². The van der Waals surface area contributed by atoms with Crippen molar-refractivity contribution < 1.29 is 0 Å². The second-order valence-corrected chi connectivity index (χ2v) is 5.61. The van der Waals surface area contributed by atoms with E-state index < -0.39 is 0 Å². The van der Waals surface area contributed by atoms with E-state index in [2.05, 4.69) is 24.1 Å². The molecular formula is C13H26N2. The molecular weight excluding hydrogens is 184 g/mol. The molecule has 0 amide bonds. The SMILES string of the molecule is CC1CCCC(N2CCNC(C)CC2)C1. The monoisotopic (exact) mass is 210 g/mol. The number of nitrogens with zero attached hydrogens (tertiary/aromatic N) is 1. The Morgan fingerprint density at radius 3 is 2.73 bits per heavy atom. The zero-order valence-corrected chi connectivity index (χ0v) is 10.3. The second-order valence-electron chi connectivity index (χ2n) is 5.61. The Kier molecular flexibility index (Phi) is 4.04. The highest BCUT2D eigenvalue weighted by atomic mass is 15.2. The molecule has 3 atom stereocenters. The third-order valence-electron chi connectivity index (χ3n) is 4.17. The first kappa shape index (κ1) is 11.4. The summed E-state index contributed by atoms with van der Waals surface area (Å²) in [7, 11) is 0. The lowest BCUT2D eigenvalue weighted by Gasteiger charge is -2.35. The molecule has 15 heavy (non-hydrogen) atoms. The van der Waals surface area contributed by atoms with Crippen LogP contribution in [0, 0.1) is 5.92 Å². The summed E-state index contributed by atoms with van der Waals surface area (Å²) < 4.78 is 0. The quantitative estimate of drug-likeness (QED) is 0.714. The Morgan fingerprint density at radius 2 is 1.93 bits per heavy atom. The first-order valence-electron chi connectivity index (χ1n) is 6.73. The average molecular weight is 210 g/mol. The van der Waals surface area contributed by atoms with Gasteiger partial charge in [-0.05, 0) is 38.6 Å². The van der Waals surface area contributed by atoms with Crippen molar-refractivity contribution >= 4 is 0 Å². The maximum atomic E-state index is 3.58. The molecule has 2 nitrogen and oxygen atoms in total. The van der Waals surface area contributed by atoms with Crippen LogP contribution in [0.15, 0.2) is 0 Å². The molecule has 2 aliphatic rings. The van der Waals surface area contributed by atoms with Crippen molar-refractivity contribution in [2.75, 3.05) is 19.6 Å². The van der Waals surface area contributed by atoms with Crippen LogP contribution in [0.2, 0.25) is 0 Å². The number of hydrogen-bond acceptors (Lipinski definition) is 2. The average Bonchev–Trinajstić information content (AvgIpc) is 2.43. The molecule has 1 aliphatic heterocycles. The molecule has 0 aromatic heterocycles. The predicted molar refractivity (Wildman–Crippen MR) is 65.1 cm³/mol. The van der Waals surface area contributed by atoms with Crippen LogP contribution in [-0.2, 0) is 0 Å². The van der Waals surface area contributed by atoms with E-state index in [4.69, 9.17) is 0 Å². The van der Waals surface area contributed by atoms with Crippen molar-refractivity contribution in [2.24, 2.45) is 5.92 Å². The van der Waals surface area contributed by atoms with Crippen molar-refractivity contribution in [3.05, 3.63) is 0 Å². The minimum absolute atomic E-state index is 0.719. The minimum atomic E-state index is 0.719. The summed E-state index contributed by atoms with van der Waals surface area (Å²) in [4.78, 5) is 2.74. The van der Waals surface area contributed by atoms with Crippen molar-refractivity contribution in [1.82, 2.24) is 10.2 Å². The third kappa shape index (κ3) is 3.18. The van der Waals surface area contributed by atoms with Crippen LogP contribution in [0.25, 0.3) is 0 Å². The zero-order valence-electron chi connectivity index (χ0n) is 10.3. The summed E-state index contributed by atoms with van der Waals surface area (Å²) in [5.74, 6) is 0.956. The standard InChI is InChI=1S/C13H26N2/c1-11-4-3-5-13(10-11)15-8-6-12(2)14-7-9-15/h11-14H,3-10H2,1-2H3. The van der Waals surface area contributed by atoms with Gasteiger partial charge in [0.05, 0.1) is 0 Å². The lowest BCUT2D eigenvalue weighted by atomic mass is 9.86. The molecule has 0 spiro atoms. The summed E-state index contributed by atoms with van der Waals surface area (Å²) in [5, 5.41) is 3.58. The van der Waals surface area contributed by atoms with Gasteiger partial charge >= 0.3 is 0 Å². The summed E-state index contributed by atoms with van der Waals surface area (Å²) >= 11 is 0. The summed E-state index contributed by atoms with van der Waals surface area (Å²) in [5.41, 5.74) is 0. The molecule has 1 heterocycles. The van der Waals surface area contributed by atoms with Crippen LogP contribution < -0.4 is 5.32 Å². The van der Waals surface area contributed by atoms with E-state index in [1.54, 1.807) is 0 Å². The molecule has 2 heteroatoms. The van der Waals surface area contributed by atoms with Gasteiger partial charge in [-0.15, -0.1) is 0 Å². The highest BCUT2D eigenvalue weighted by Gasteiger charge is 2.25. The van der Waals surface area contributed by atoms with Gasteiger partial charge in [-0.2, -0.15) is 0 Å². The Labute approximate surface area is 94.4 Å². The molecule has 2 fully saturated rings. The van der Waals surface area contributed by atoms with E-state index in [-0.39, 0.29) is 0 Å². The first-order valence-corrected chi connectivity index (χ1v) is 6.73. The van der Waals surface area contributed by atoms with Gasteiger partial charge in [-0.25, -0.2) is 0 Å². The van der Waals surface area contributed by atoms with Gasteiger partial charge in [0.2, 0.25) is 0 Å². The number of hydrogen-bond donors (Lipinski definition) is 1. The van der Waals surface area contributed by atoms with Gasteiger partial charge in [0, 0.05) is 25.2 Å². The van der Waals surface area contributed by atoms with E-state index in [1.807, 2.05) is 0 Å². The van der Waals surface area contributed by atoms with Crippen LogP contribution >= 0.6 is 0 Å². The highest BCUT2D eigenvalue weighted by Crippen LogP contribution is 2.27. The van der Waals surface area contributed by atoms with Crippen molar-refractivity contribution in [1.29, 1.82) is 0 Å². The fourth-order valence-corrected chi connectivity index (χ4v) is 3.13. The van der Waals surface area contributed by atoms with E-state index in [0.717, 1.165) is 18.0 Å². The van der Waals surface area contributed by atoms with Gasteiger partial charge in [-0.1, -0.05) is 19.8 Å². The lowest BCUT2D eigenvalue weighted by molar-refractivity contribution is 0.142. The summed E-state index contributed by atoms with van der Waals surface area (Å²) in [6.45, 7) is 8.50. The molecule has 3 unspecified atom stereocenters. The van der Waals surface area contributed by atoms with Gasteiger partial charge < -0.3 is 5.32 Å². The van der Waals surface area contributed by atoms with Crippen molar-refractivity contribution in [3.63, 3.8) is 0 Å². The number of rotatable bonds is 1. The molecule has 88 valence electrons. The Morgan fingerprint density at radius 1 is 1.07 bits per heavy atom. The van der Waals surface area contributed by atoms with Crippen LogP contribution in [0.4, 0.5) is 0 Å². The maximum absolute atomic E-state index is 3.58. The molecule has 0 aromatic rings. The minimum Gasteiger partial charge on any atom is -0.313 e. The Hall–Kier alpha value is -0.0800. The van der Waals surface area contributed by atoms with Gasteiger partial charge in [-0.3, -0.25) is 4.90 Å². The fraction of sp³-hybridized carbons (Fsp3) is 1.00. The maximum Gasteiger partial charge on any atom is 0.0110 e. The van der Waals surface area contributed by atoms with Crippen LogP contribution in [0.1, 0.15) is 46.0 Å². The van der Waals surface area contributed by atoms with E-state index in [1.165, 1.54) is 51.7 Å². The molecule has 0 aromatic carbocycles. The van der Waals surface area contributed by atoms with Gasteiger partial charge in [0.15, 0.2) is 0 Å². The predicted octanol–water partition coefficient (Wildman–Crippen LogP) is 2.25. The van der Waals surface area contributed by atoms with Crippen LogP contribution in [0.3, 0.4) is 0 Å². The van der Waals surface area contributed by atoms with E-state index in [9.17, 15) is 0 Å². The molecule has 1 N–H and O–H groups in total. The fourth-order valence-electron chi connectivity index (χ4n) is 3.13. The largest absolute Gasteiger partial charge is 0.313 e. The van der Waals surface area contributed by atoms with Crippen LogP contribution in [-0.4, -0.2) is 36.6 Å². The Bertz CT molecular complexity index is 193. The number of nitrogens with one attached hydrogen (secondary N) is 1. The molecule has 0 radical (unpaired) electrons. The normalized spacial score (nSPS) is 40.0. The lowest BCUT2D eigenvalue weighted by Crippen LogP contribution is -2.40. The van der Waals surface area contributed by atoms with E-state index >= 15 is 0 Å². The van der Waals surface area contributed by atoms with Crippen molar-refractivity contribution in [2.45, 2.75) is 58.0 Å². The van der Waals surface area contributed by atoms with E-state index in [0.29, 0.717) is 0 Å². The molecule has 2 rings (SSSR count). The third-order valence-corrected chi connectivity index (χ3v) is 4.17. The second kappa shape index (κ2) is 5.31. The summed E-state index contributed by atoms with van der Waals surface area (Å²) in [6.07, 6.45) is 7.11. The molecule has 0 bridgehead atoms. The highest BCUT2D eigenvalue weighted by molar-refractivity contribution is 4.82. The van der Waals surface area contributed by atoms with Gasteiger partial charge in [0.1, 0.15) is 0 Å². The Balaban J connectivity index is 1.85. The molecule has 1 aliphatic carbocycles. The zero-order chi connectivity index (χ0) is 10.7. The van der Waals surface area contributed by atoms with Gasteiger partial charge in [0.25, 0.3) is 0 Å². The first-order chi connectivity index (χ1) is 7.25. The summed E-state index contributed by atoms with van der Waals surface area (Å²) in [6, 6.07) is 1.61. The molecule has 1 saturated heterocycles. The smallest absolute Gasteiger partial charge is 0.0110 e. The van der Waals surface area contributed by atoms with Crippen molar-refractivity contribution in [3.8, 4) is 0 Å².